The maximum Gasteiger partial charge on any atom is 0.132 e. The molecule has 0 amide bonds. The highest BCUT2D eigenvalue weighted by molar-refractivity contribution is 6.33. The van der Waals surface area contributed by atoms with E-state index in [1.807, 2.05) is 6.79 Å². The molecule has 0 bridgehead atoms. The monoisotopic (exact) mass is 1150 g/mol. The highest BCUT2D eigenvalue weighted by atomic mass is 28.2. The van der Waals surface area contributed by atoms with Gasteiger partial charge in [0.15, 0.2) is 0 Å². The van der Waals surface area contributed by atoms with E-state index in [9.17, 15) is 4.79 Å². The van der Waals surface area contributed by atoms with Gasteiger partial charge in [-0.25, -0.2) is 0 Å². The summed E-state index contributed by atoms with van der Waals surface area (Å²) < 4.78 is 69.1. The van der Waals surface area contributed by atoms with Crippen molar-refractivity contribution in [3.63, 3.8) is 0 Å². The first kappa shape index (κ1) is 80.1. The van der Waals surface area contributed by atoms with Crippen LogP contribution in [0.25, 0.3) is 0 Å². The van der Waals surface area contributed by atoms with Crippen molar-refractivity contribution in [1.29, 1.82) is 0 Å². The van der Waals surface area contributed by atoms with Crippen LogP contribution < -0.4 is 0 Å². The van der Waals surface area contributed by atoms with E-state index < -0.39 is 0 Å². The van der Waals surface area contributed by atoms with Crippen molar-refractivity contribution >= 4 is 22.1 Å². The Labute approximate surface area is 487 Å². The molecular formula is C63H128O15Si. The summed E-state index contributed by atoms with van der Waals surface area (Å²) in [6.45, 7) is 23.9. The highest BCUT2D eigenvalue weighted by Gasteiger charge is 2.03. The standard InChI is InChI=1S/C62H126O14Si.CH2O/c1-77-61-33-7-35-62(64)34-6-4-2-3-5-9-37-65-39-11-13-41-67-43-15-17-45-69-47-19-21-49-71-51-23-25-53-73-55-27-29-57-75-59-31-32-60-76-58-30-28-56-74-54-26-24-52-72-50-22-20-48-70-46-18-16-44-68-42-14-12-40-66-38-10-8-36-63;1-2/h63H,2-61,77H2,1H3;1H2. The fraction of sp³-hybridized carbons (Fsp3) is 0.968. The molecule has 0 saturated heterocycles. The van der Waals surface area contributed by atoms with Gasteiger partial charge in [-0.2, -0.15) is 0 Å². The third kappa shape index (κ3) is 79.1. The summed E-state index contributed by atoms with van der Waals surface area (Å²) in [7, 11) is 0.175. The second-order valence-corrected chi connectivity index (χ2v) is 22.5. The Balaban J connectivity index is 0. The fourth-order valence-corrected chi connectivity index (χ4v) is 8.99. The van der Waals surface area contributed by atoms with Gasteiger partial charge in [-0.15, -0.1) is 0 Å². The molecule has 0 radical (unpaired) electrons. The normalized spacial score (nSPS) is 11.6. The molecule has 0 spiro atoms. The number of aliphatic hydroxyl groups is 1. The number of aliphatic hydroxyl groups excluding tert-OH is 1. The van der Waals surface area contributed by atoms with E-state index in [4.69, 9.17) is 66.7 Å². The molecule has 0 unspecified atom stereocenters. The van der Waals surface area contributed by atoms with Crippen molar-refractivity contribution in [2.24, 2.45) is 0 Å². The van der Waals surface area contributed by atoms with Gasteiger partial charge in [0.2, 0.25) is 0 Å². The first-order chi connectivity index (χ1) is 39.3. The molecule has 474 valence electrons. The summed E-state index contributed by atoms with van der Waals surface area (Å²) in [6.07, 6.45) is 35.9. The topological polar surface area (TPSA) is 165 Å². The zero-order chi connectivity index (χ0) is 57.2. The molecule has 0 saturated carbocycles. The number of carbonyl (C=O) groups excluding carboxylic acids is 2. The van der Waals surface area contributed by atoms with Gasteiger partial charge >= 0.3 is 0 Å². The minimum atomic E-state index is 0.175. The van der Waals surface area contributed by atoms with E-state index >= 15 is 0 Å². The van der Waals surface area contributed by atoms with Crippen LogP contribution in [-0.4, -0.2) is 192 Å². The van der Waals surface area contributed by atoms with Crippen molar-refractivity contribution in [3.05, 3.63) is 0 Å². The zero-order valence-corrected chi connectivity index (χ0v) is 52.9. The molecule has 79 heavy (non-hydrogen) atoms. The summed E-state index contributed by atoms with van der Waals surface area (Å²) >= 11 is 0. The smallest absolute Gasteiger partial charge is 0.132 e. The number of carbonyl (C=O) groups is 2. The Morgan fingerprint density at radius 2 is 0.405 bits per heavy atom. The third-order valence-electron chi connectivity index (χ3n) is 13.1. The summed E-state index contributed by atoms with van der Waals surface area (Å²) in [6, 6.07) is 1.39. The summed E-state index contributed by atoms with van der Waals surface area (Å²) in [5, 5.41) is 8.75. The molecule has 0 fully saturated rings. The van der Waals surface area contributed by atoms with Gasteiger partial charge in [0.1, 0.15) is 12.6 Å². The van der Waals surface area contributed by atoms with Crippen LogP contribution in [-0.2, 0) is 66.4 Å². The molecule has 16 heteroatoms. The average molecular weight is 1150 g/mol. The van der Waals surface area contributed by atoms with E-state index in [-0.39, 0.29) is 16.1 Å². The Kier molecular flexibility index (Phi) is 80.2. The van der Waals surface area contributed by atoms with Crippen LogP contribution in [0.3, 0.4) is 0 Å². The second-order valence-electron chi connectivity index (χ2n) is 20.8. The van der Waals surface area contributed by atoms with Gasteiger partial charge in [-0.05, 0) is 173 Å². The van der Waals surface area contributed by atoms with Crippen molar-refractivity contribution in [1.82, 2.24) is 0 Å². The first-order valence-corrected chi connectivity index (χ1v) is 35.1. The number of hydrogen-bond acceptors (Lipinski definition) is 15. The lowest BCUT2D eigenvalue weighted by Crippen LogP contribution is -2.05. The first-order valence-electron chi connectivity index (χ1n) is 32.7. The Morgan fingerprint density at radius 3 is 0.595 bits per heavy atom. The molecule has 1 N–H and O–H groups in total. The van der Waals surface area contributed by atoms with Crippen LogP contribution in [0.2, 0.25) is 12.6 Å². The second kappa shape index (κ2) is 79.1. The molecule has 0 aliphatic heterocycles. The summed E-state index contributed by atoms with van der Waals surface area (Å²) in [5.41, 5.74) is 0. The quantitative estimate of drug-likeness (QED) is 0.0451. The lowest BCUT2D eigenvalue weighted by Gasteiger charge is -2.08. The number of ether oxygens (including phenoxy) is 12. The van der Waals surface area contributed by atoms with Gasteiger partial charge in [-0.1, -0.05) is 44.7 Å². The Hall–Kier alpha value is -0.963. The van der Waals surface area contributed by atoms with Crippen LogP contribution in [0.5, 0.6) is 0 Å². The number of Topliss-reactive ketones (excluding diaryl/α,β-unsaturated/α-hetero) is 1. The number of ketones is 1. The molecular weight excluding hydrogens is 1020 g/mol. The van der Waals surface area contributed by atoms with E-state index in [0.29, 0.717) is 5.78 Å². The lowest BCUT2D eigenvalue weighted by atomic mass is 10.0. The number of rotatable bonds is 73. The molecule has 0 aromatic carbocycles. The molecule has 0 aliphatic carbocycles. The predicted molar refractivity (Wildman–Crippen MR) is 325 cm³/mol. The fourth-order valence-electron chi connectivity index (χ4n) is 8.14. The molecule has 0 rings (SSSR count). The molecule has 0 heterocycles. The number of hydrogen-bond donors (Lipinski definition) is 1. The van der Waals surface area contributed by atoms with Crippen LogP contribution in [0, 0.1) is 0 Å². The summed E-state index contributed by atoms with van der Waals surface area (Å²) in [4.78, 5) is 19.9. The SMILES string of the molecule is C=O.C[SiH2]CCCCC(=O)CCCCCCCCOCCCCOCCCCOCCCCOCCCCOCCCCOCCCCOCCCCOCCCCOCCCCOCCCCOCCCCOCCCCO. The van der Waals surface area contributed by atoms with Gasteiger partial charge in [0.25, 0.3) is 0 Å². The van der Waals surface area contributed by atoms with Crippen molar-refractivity contribution in [3.8, 4) is 0 Å². The van der Waals surface area contributed by atoms with Crippen molar-refractivity contribution in [2.75, 3.05) is 165 Å². The molecule has 0 aromatic rings. The van der Waals surface area contributed by atoms with E-state index in [1.165, 1.54) is 38.1 Å². The van der Waals surface area contributed by atoms with E-state index in [2.05, 4.69) is 6.55 Å². The minimum Gasteiger partial charge on any atom is -0.396 e. The maximum atomic E-state index is 11.9. The highest BCUT2D eigenvalue weighted by Crippen LogP contribution is 2.11. The Morgan fingerprint density at radius 1 is 0.253 bits per heavy atom. The summed E-state index contributed by atoms with van der Waals surface area (Å²) in [5.74, 6) is 0.482. The molecule has 0 atom stereocenters. The molecule has 0 aliphatic rings. The minimum absolute atomic E-state index is 0.175. The molecule has 0 aromatic heterocycles. The van der Waals surface area contributed by atoms with Gasteiger partial charge in [0, 0.05) is 188 Å². The van der Waals surface area contributed by atoms with E-state index in [0.717, 1.165) is 345 Å². The lowest BCUT2D eigenvalue weighted by molar-refractivity contribution is -0.119. The maximum absolute atomic E-state index is 11.9. The van der Waals surface area contributed by atoms with Crippen LogP contribution >= 0.6 is 0 Å². The van der Waals surface area contributed by atoms with Crippen molar-refractivity contribution < 1.29 is 71.5 Å². The zero-order valence-electron chi connectivity index (χ0n) is 51.5. The Bertz CT molecular complexity index is 1070. The van der Waals surface area contributed by atoms with E-state index in [1.54, 1.807) is 0 Å². The number of unbranched alkanes of at least 4 members (excludes halogenated alkanes) is 18. The third-order valence-corrected chi connectivity index (χ3v) is 14.3. The van der Waals surface area contributed by atoms with Crippen LogP contribution in [0.1, 0.15) is 218 Å². The van der Waals surface area contributed by atoms with Crippen molar-refractivity contribution in [2.45, 2.75) is 231 Å². The van der Waals surface area contributed by atoms with Gasteiger partial charge in [0.05, 0.1) is 0 Å². The predicted octanol–water partition coefficient (Wildman–Crippen LogP) is 12.5. The van der Waals surface area contributed by atoms with Gasteiger partial charge in [-0.3, -0.25) is 4.79 Å². The largest absolute Gasteiger partial charge is 0.396 e. The van der Waals surface area contributed by atoms with Crippen LogP contribution in [0.15, 0.2) is 0 Å². The van der Waals surface area contributed by atoms with Gasteiger partial charge < -0.3 is 66.7 Å². The van der Waals surface area contributed by atoms with Crippen LogP contribution in [0.4, 0.5) is 0 Å². The molecule has 15 nitrogen and oxygen atoms in total. The average Bonchev–Trinajstić information content (AvgIpc) is 3.46.